The smallest absolute Gasteiger partial charge is 0.338 e. The lowest BCUT2D eigenvalue weighted by molar-refractivity contribution is 0.0468. The van der Waals surface area contributed by atoms with E-state index in [9.17, 15) is 13.2 Å². The highest BCUT2D eigenvalue weighted by molar-refractivity contribution is 7.89. The fourth-order valence-corrected chi connectivity index (χ4v) is 5.29. The van der Waals surface area contributed by atoms with E-state index < -0.39 is 16.0 Å². The maximum absolute atomic E-state index is 13.1. The summed E-state index contributed by atoms with van der Waals surface area (Å²) >= 11 is 0. The molecule has 2 aromatic carbocycles. The summed E-state index contributed by atoms with van der Waals surface area (Å²) in [4.78, 5) is 17.0. The van der Waals surface area contributed by atoms with Crippen molar-refractivity contribution < 1.29 is 17.9 Å². The summed E-state index contributed by atoms with van der Waals surface area (Å²) in [6.45, 7) is 0.817. The second kappa shape index (κ2) is 8.22. The van der Waals surface area contributed by atoms with Crippen molar-refractivity contribution in [1.29, 1.82) is 0 Å². The Morgan fingerprint density at radius 1 is 0.969 bits per heavy atom. The first kappa shape index (κ1) is 20.4. The molecule has 4 aromatic rings. The molecule has 0 bridgehead atoms. The lowest BCUT2D eigenvalue weighted by atomic mass is 10.0. The molecule has 0 aliphatic carbocycles. The highest BCUT2D eigenvalue weighted by Gasteiger charge is 2.28. The number of esters is 1. The Balaban J connectivity index is 1.26. The molecule has 0 radical (unpaired) electrons. The number of benzene rings is 2. The summed E-state index contributed by atoms with van der Waals surface area (Å²) in [6, 6.07) is 19.4. The van der Waals surface area contributed by atoms with E-state index in [1.165, 1.54) is 34.1 Å². The second-order valence-electron chi connectivity index (χ2n) is 7.66. The SMILES string of the molecule is O=C(OCc1cn2ccccc2n1)c1ccc(S(=O)(=O)N2CCc3ccccc3C2)cc1. The molecule has 0 spiro atoms. The van der Waals surface area contributed by atoms with Crippen LogP contribution in [0.15, 0.2) is 84.0 Å². The third-order valence-corrected chi connectivity index (χ3v) is 7.45. The molecule has 1 aliphatic heterocycles. The molecule has 5 rings (SSSR count). The predicted octanol–water partition coefficient (Wildman–Crippen LogP) is 3.44. The van der Waals surface area contributed by atoms with E-state index in [2.05, 4.69) is 4.98 Å². The van der Waals surface area contributed by atoms with Crippen molar-refractivity contribution >= 4 is 21.6 Å². The van der Waals surface area contributed by atoms with Gasteiger partial charge in [-0.25, -0.2) is 18.2 Å². The van der Waals surface area contributed by atoms with Crippen molar-refractivity contribution in [1.82, 2.24) is 13.7 Å². The van der Waals surface area contributed by atoms with Crippen molar-refractivity contribution in [3.8, 4) is 0 Å². The van der Waals surface area contributed by atoms with E-state index in [4.69, 9.17) is 4.74 Å². The van der Waals surface area contributed by atoms with E-state index in [1.807, 2.05) is 53.1 Å². The molecular formula is C24H21N3O4S. The van der Waals surface area contributed by atoms with Crippen LogP contribution in [0.4, 0.5) is 0 Å². The monoisotopic (exact) mass is 447 g/mol. The number of fused-ring (bicyclic) bond motifs is 2. The zero-order valence-electron chi connectivity index (χ0n) is 17.2. The normalized spacial score (nSPS) is 14.2. The van der Waals surface area contributed by atoms with Gasteiger partial charge in [-0.15, -0.1) is 0 Å². The van der Waals surface area contributed by atoms with Crippen LogP contribution in [0.3, 0.4) is 0 Å². The molecule has 1 aliphatic rings. The van der Waals surface area contributed by atoms with Crippen LogP contribution < -0.4 is 0 Å². The first-order valence-corrected chi connectivity index (χ1v) is 11.7. The topological polar surface area (TPSA) is 81.0 Å². The highest BCUT2D eigenvalue weighted by Crippen LogP contribution is 2.25. The predicted molar refractivity (Wildman–Crippen MR) is 118 cm³/mol. The third-order valence-electron chi connectivity index (χ3n) is 5.59. The van der Waals surface area contributed by atoms with Crippen molar-refractivity contribution in [2.45, 2.75) is 24.5 Å². The molecular weight excluding hydrogens is 426 g/mol. The fourth-order valence-electron chi connectivity index (χ4n) is 3.87. The molecule has 0 unspecified atom stereocenters. The molecule has 2 aromatic heterocycles. The number of imidazole rings is 1. The van der Waals surface area contributed by atoms with Crippen LogP contribution in [0.25, 0.3) is 5.65 Å². The van der Waals surface area contributed by atoms with Gasteiger partial charge in [0.15, 0.2) is 0 Å². The minimum atomic E-state index is -3.65. The van der Waals surface area contributed by atoms with Crippen LogP contribution >= 0.6 is 0 Å². The van der Waals surface area contributed by atoms with Gasteiger partial charge in [0.25, 0.3) is 0 Å². The summed E-state index contributed by atoms with van der Waals surface area (Å²) in [5.41, 5.74) is 3.90. The second-order valence-corrected chi connectivity index (χ2v) is 9.59. The van der Waals surface area contributed by atoms with E-state index in [0.717, 1.165) is 11.2 Å². The molecule has 0 saturated heterocycles. The van der Waals surface area contributed by atoms with E-state index in [0.29, 0.717) is 25.2 Å². The molecule has 0 fully saturated rings. The van der Waals surface area contributed by atoms with Crippen molar-refractivity contribution in [3.05, 3.63) is 102 Å². The Morgan fingerprint density at radius 2 is 1.72 bits per heavy atom. The van der Waals surface area contributed by atoms with E-state index in [-0.39, 0.29) is 17.1 Å². The maximum Gasteiger partial charge on any atom is 0.338 e. The first-order valence-electron chi connectivity index (χ1n) is 10.3. The van der Waals surface area contributed by atoms with Gasteiger partial charge >= 0.3 is 5.97 Å². The largest absolute Gasteiger partial charge is 0.456 e. The van der Waals surface area contributed by atoms with Crippen molar-refractivity contribution in [2.75, 3.05) is 6.54 Å². The first-order chi connectivity index (χ1) is 15.5. The summed E-state index contributed by atoms with van der Waals surface area (Å²) in [5.74, 6) is -0.530. The third kappa shape index (κ3) is 3.90. The Bertz CT molecular complexity index is 1360. The van der Waals surface area contributed by atoms with E-state index in [1.54, 1.807) is 6.20 Å². The molecule has 8 heteroatoms. The van der Waals surface area contributed by atoms with Crippen LogP contribution in [0.1, 0.15) is 27.2 Å². The van der Waals surface area contributed by atoms with Gasteiger partial charge in [-0.05, 0) is 53.9 Å². The lowest BCUT2D eigenvalue weighted by Crippen LogP contribution is -2.35. The van der Waals surface area contributed by atoms with Gasteiger partial charge in [0.1, 0.15) is 12.3 Å². The van der Waals surface area contributed by atoms with Gasteiger partial charge in [0.05, 0.1) is 16.2 Å². The van der Waals surface area contributed by atoms with Gasteiger partial charge in [-0.2, -0.15) is 4.31 Å². The number of nitrogens with zero attached hydrogens (tertiary/aromatic N) is 3. The van der Waals surface area contributed by atoms with Crippen LogP contribution in [0.2, 0.25) is 0 Å². The summed E-state index contributed by atoms with van der Waals surface area (Å²) in [6.07, 6.45) is 4.35. The standard InChI is InChI=1S/C24H21N3O4S/c28-24(31-17-21-16-26-13-4-3-7-23(26)25-21)19-8-10-22(11-9-19)32(29,30)27-14-12-18-5-1-2-6-20(18)15-27/h1-11,13,16H,12,14-15,17H2. The number of carbonyl (C=O) groups excluding carboxylic acids is 1. The molecule has 7 nitrogen and oxygen atoms in total. The molecule has 3 heterocycles. The minimum absolute atomic E-state index is 0.0355. The molecule has 162 valence electrons. The number of carbonyl (C=O) groups is 1. The average molecular weight is 448 g/mol. The average Bonchev–Trinajstić information content (AvgIpc) is 3.25. The van der Waals surface area contributed by atoms with Crippen molar-refractivity contribution in [3.63, 3.8) is 0 Å². The number of hydrogen-bond donors (Lipinski definition) is 0. The number of ether oxygens (including phenoxy) is 1. The number of sulfonamides is 1. The van der Waals surface area contributed by atoms with Crippen LogP contribution in [0, 0.1) is 0 Å². The summed E-state index contributed by atoms with van der Waals surface area (Å²) in [5, 5.41) is 0. The molecule has 0 amide bonds. The molecule has 0 saturated carbocycles. The van der Waals surface area contributed by atoms with Gasteiger partial charge in [-0.3, -0.25) is 0 Å². The molecule has 0 atom stereocenters. The van der Waals surface area contributed by atoms with Gasteiger partial charge < -0.3 is 9.14 Å². The lowest BCUT2D eigenvalue weighted by Gasteiger charge is -2.28. The van der Waals surface area contributed by atoms with Gasteiger partial charge in [-0.1, -0.05) is 30.3 Å². The Hall–Kier alpha value is -3.49. The van der Waals surface area contributed by atoms with Crippen molar-refractivity contribution in [2.24, 2.45) is 0 Å². The number of rotatable bonds is 5. The van der Waals surface area contributed by atoms with E-state index >= 15 is 0 Å². The van der Waals surface area contributed by atoms with Gasteiger partial charge in [0.2, 0.25) is 10.0 Å². The minimum Gasteiger partial charge on any atom is -0.456 e. The summed E-state index contributed by atoms with van der Waals surface area (Å²) in [7, 11) is -3.65. The van der Waals surface area contributed by atoms with Crippen LogP contribution in [-0.2, 0) is 34.3 Å². The quantitative estimate of drug-likeness (QED) is 0.438. The Labute approximate surface area is 185 Å². The van der Waals surface area contributed by atoms with Crippen LogP contribution in [-0.4, -0.2) is 34.6 Å². The number of aromatic nitrogens is 2. The van der Waals surface area contributed by atoms with Gasteiger partial charge in [0, 0.05) is 25.5 Å². The number of pyridine rings is 1. The zero-order valence-corrected chi connectivity index (χ0v) is 18.0. The number of hydrogen-bond acceptors (Lipinski definition) is 5. The Kier molecular flexibility index (Phi) is 5.24. The fraction of sp³-hybridized carbons (Fsp3) is 0.167. The van der Waals surface area contributed by atoms with Crippen LogP contribution in [0.5, 0.6) is 0 Å². The Morgan fingerprint density at radius 3 is 2.50 bits per heavy atom. The maximum atomic E-state index is 13.1. The summed E-state index contributed by atoms with van der Waals surface area (Å²) < 4.78 is 34.8. The highest BCUT2D eigenvalue weighted by atomic mass is 32.2. The zero-order chi connectivity index (χ0) is 22.1. The molecule has 0 N–H and O–H groups in total. The molecule has 32 heavy (non-hydrogen) atoms.